The summed E-state index contributed by atoms with van der Waals surface area (Å²) in [6.07, 6.45) is 3.48. The Morgan fingerprint density at radius 3 is 2.72 bits per heavy atom. The van der Waals surface area contributed by atoms with Gasteiger partial charge in [-0.3, -0.25) is 14.8 Å². The number of aromatic amines is 1. The molecule has 0 saturated carbocycles. The molecule has 3 aromatic heterocycles. The second-order valence-electron chi connectivity index (χ2n) is 4.13. The minimum absolute atomic E-state index is 0.110. The fourth-order valence-corrected chi connectivity index (χ4v) is 1.92. The van der Waals surface area contributed by atoms with Crippen LogP contribution < -0.4 is 5.56 Å². The summed E-state index contributed by atoms with van der Waals surface area (Å²) in [6.45, 7) is 1.94. The Balaban J connectivity index is 2.29. The molecule has 1 N–H and O–H groups in total. The Kier molecular flexibility index (Phi) is 2.41. The van der Waals surface area contributed by atoms with Gasteiger partial charge in [0, 0.05) is 35.1 Å². The van der Waals surface area contributed by atoms with E-state index in [1.807, 2.05) is 19.1 Å². The fourth-order valence-electron chi connectivity index (χ4n) is 1.92. The van der Waals surface area contributed by atoms with Gasteiger partial charge in [0.25, 0.3) is 0 Å². The van der Waals surface area contributed by atoms with Crippen molar-refractivity contribution in [3.63, 3.8) is 0 Å². The summed E-state index contributed by atoms with van der Waals surface area (Å²) in [6, 6.07) is 9.02. The predicted molar refractivity (Wildman–Crippen MR) is 70.3 cm³/mol. The number of aryl methyl sites for hydroxylation is 1. The quantitative estimate of drug-likeness (QED) is 0.706. The van der Waals surface area contributed by atoms with E-state index in [1.165, 1.54) is 6.07 Å². The number of aromatic nitrogens is 3. The molecule has 4 nitrogen and oxygen atoms in total. The third kappa shape index (κ3) is 1.78. The molecule has 0 amide bonds. The van der Waals surface area contributed by atoms with E-state index in [0.717, 1.165) is 27.9 Å². The first-order valence-corrected chi connectivity index (χ1v) is 5.65. The number of hydrogen-bond acceptors (Lipinski definition) is 3. The van der Waals surface area contributed by atoms with Crippen LogP contribution in [0.5, 0.6) is 0 Å². The third-order valence-corrected chi connectivity index (χ3v) is 2.83. The van der Waals surface area contributed by atoms with Crippen LogP contribution >= 0.6 is 0 Å². The lowest BCUT2D eigenvalue weighted by Crippen LogP contribution is -2.03. The van der Waals surface area contributed by atoms with Crippen molar-refractivity contribution in [3.05, 3.63) is 58.8 Å². The molecule has 4 heteroatoms. The van der Waals surface area contributed by atoms with Crippen molar-refractivity contribution in [2.45, 2.75) is 6.92 Å². The maximum atomic E-state index is 11.3. The van der Waals surface area contributed by atoms with E-state index in [-0.39, 0.29) is 5.56 Å². The molecule has 3 rings (SSSR count). The molecule has 0 atom stereocenters. The molecular formula is C14H11N3O. The summed E-state index contributed by atoms with van der Waals surface area (Å²) >= 11 is 0. The molecule has 0 spiro atoms. The van der Waals surface area contributed by atoms with Gasteiger partial charge >= 0.3 is 0 Å². The van der Waals surface area contributed by atoms with Gasteiger partial charge in [0.15, 0.2) is 0 Å². The average molecular weight is 237 g/mol. The summed E-state index contributed by atoms with van der Waals surface area (Å²) < 4.78 is 0. The Bertz CT molecular complexity index is 760. The molecule has 0 aromatic carbocycles. The van der Waals surface area contributed by atoms with Crippen molar-refractivity contribution in [2.24, 2.45) is 0 Å². The van der Waals surface area contributed by atoms with Gasteiger partial charge in [-0.2, -0.15) is 0 Å². The second kappa shape index (κ2) is 4.07. The van der Waals surface area contributed by atoms with E-state index in [1.54, 1.807) is 24.5 Å². The van der Waals surface area contributed by atoms with Crippen LogP contribution in [0.15, 0.2) is 47.5 Å². The molecule has 0 bridgehead atoms. The van der Waals surface area contributed by atoms with Crippen LogP contribution in [0.3, 0.4) is 0 Å². The minimum Gasteiger partial charge on any atom is -0.322 e. The van der Waals surface area contributed by atoms with Crippen LogP contribution in [0.1, 0.15) is 5.69 Å². The smallest absolute Gasteiger partial charge is 0.248 e. The zero-order chi connectivity index (χ0) is 12.5. The number of rotatable bonds is 1. The van der Waals surface area contributed by atoms with Gasteiger partial charge in [-0.25, -0.2) is 0 Å². The van der Waals surface area contributed by atoms with E-state index in [2.05, 4.69) is 15.0 Å². The van der Waals surface area contributed by atoms with E-state index in [0.29, 0.717) is 0 Å². The van der Waals surface area contributed by atoms with Crippen LogP contribution in [-0.2, 0) is 0 Å². The van der Waals surface area contributed by atoms with Crippen molar-refractivity contribution in [3.8, 4) is 11.3 Å². The maximum Gasteiger partial charge on any atom is 0.248 e. The highest BCUT2D eigenvalue weighted by Gasteiger charge is 2.05. The topological polar surface area (TPSA) is 58.6 Å². The Morgan fingerprint density at radius 2 is 1.94 bits per heavy atom. The van der Waals surface area contributed by atoms with Crippen LogP contribution in [0.4, 0.5) is 0 Å². The molecule has 0 unspecified atom stereocenters. The Hall–Kier alpha value is -2.49. The molecule has 18 heavy (non-hydrogen) atoms. The van der Waals surface area contributed by atoms with Crippen molar-refractivity contribution >= 4 is 10.9 Å². The number of nitrogens with zero attached hydrogens (tertiary/aromatic N) is 2. The van der Waals surface area contributed by atoms with Gasteiger partial charge in [-0.05, 0) is 31.2 Å². The summed E-state index contributed by atoms with van der Waals surface area (Å²) in [4.78, 5) is 22.7. The monoisotopic (exact) mass is 237 g/mol. The lowest BCUT2D eigenvalue weighted by Gasteiger charge is -2.05. The Morgan fingerprint density at radius 1 is 1.06 bits per heavy atom. The van der Waals surface area contributed by atoms with Crippen LogP contribution in [0.25, 0.3) is 22.2 Å². The standard InChI is InChI=1S/C14H11N3O/c1-9-2-3-10(8-16-9)14-11-4-5-13(18)17-12(11)6-7-15-14/h2-8H,1H3,(H,17,18). The summed E-state index contributed by atoms with van der Waals surface area (Å²) in [5, 5.41) is 0.919. The van der Waals surface area contributed by atoms with Gasteiger partial charge in [-0.15, -0.1) is 0 Å². The van der Waals surface area contributed by atoms with Crippen LogP contribution in [0, 0.1) is 6.92 Å². The highest BCUT2D eigenvalue weighted by atomic mass is 16.1. The molecule has 3 aromatic rings. The number of hydrogen-bond donors (Lipinski definition) is 1. The first kappa shape index (κ1) is 10.7. The number of pyridine rings is 3. The highest BCUT2D eigenvalue weighted by molar-refractivity contribution is 5.91. The number of fused-ring (bicyclic) bond motifs is 1. The fraction of sp³-hybridized carbons (Fsp3) is 0.0714. The molecule has 0 aliphatic carbocycles. The summed E-state index contributed by atoms with van der Waals surface area (Å²) in [5.74, 6) is 0. The molecule has 0 radical (unpaired) electrons. The van der Waals surface area contributed by atoms with E-state index in [9.17, 15) is 4.79 Å². The van der Waals surface area contributed by atoms with Crippen molar-refractivity contribution in [1.82, 2.24) is 15.0 Å². The largest absolute Gasteiger partial charge is 0.322 e. The number of H-pyrrole nitrogens is 1. The molecule has 88 valence electrons. The molecular weight excluding hydrogens is 226 g/mol. The summed E-state index contributed by atoms with van der Waals surface area (Å²) in [5.41, 5.74) is 3.41. The molecule has 0 aliphatic heterocycles. The first-order valence-electron chi connectivity index (χ1n) is 5.65. The summed E-state index contributed by atoms with van der Waals surface area (Å²) in [7, 11) is 0. The SMILES string of the molecule is Cc1ccc(-c2nccc3[nH]c(=O)ccc23)cn1. The lowest BCUT2D eigenvalue weighted by molar-refractivity contribution is 1.19. The van der Waals surface area contributed by atoms with Gasteiger partial charge in [0.05, 0.1) is 11.2 Å². The van der Waals surface area contributed by atoms with Crippen molar-refractivity contribution in [2.75, 3.05) is 0 Å². The number of nitrogens with one attached hydrogen (secondary N) is 1. The Labute approximate surface area is 103 Å². The van der Waals surface area contributed by atoms with Gasteiger partial charge < -0.3 is 4.98 Å². The van der Waals surface area contributed by atoms with Crippen molar-refractivity contribution in [1.29, 1.82) is 0 Å². The lowest BCUT2D eigenvalue weighted by atomic mass is 10.1. The van der Waals surface area contributed by atoms with Gasteiger partial charge in [0.2, 0.25) is 5.56 Å². The van der Waals surface area contributed by atoms with E-state index < -0.39 is 0 Å². The molecule has 0 aliphatic rings. The van der Waals surface area contributed by atoms with Gasteiger partial charge in [0.1, 0.15) is 0 Å². The van der Waals surface area contributed by atoms with Crippen molar-refractivity contribution < 1.29 is 0 Å². The predicted octanol–water partition coefficient (Wildman–Crippen LogP) is 2.29. The molecule has 0 fully saturated rings. The second-order valence-corrected chi connectivity index (χ2v) is 4.13. The van der Waals surface area contributed by atoms with Gasteiger partial charge in [-0.1, -0.05) is 0 Å². The first-order chi connectivity index (χ1) is 8.74. The zero-order valence-electron chi connectivity index (χ0n) is 9.84. The normalized spacial score (nSPS) is 10.7. The maximum absolute atomic E-state index is 11.3. The zero-order valence-corrected chi connectivity index (χ0v) is 9.84. The average Bonchev–Trinajstić information content (AvgIpc) is 2.38. The van der Waals surface area contributed by atoms with E-state index >= 15 is 0 Å². The van der Waals surface area contributed by atoms with Crippen LogP contribution in [-0.4, -0.2) is 15.0 Å². The van der Waals surface area contributed by atoms with Crippen LogP contribution in [0.2, 0.25) is 0 Å². The third-order valence-electron chi connectivity index (χ3n) is 2.83. The molecule has 3 heterocycles. The minimum atomic E-state index is -0.110. The van der Waals surface area contributed by atoms with E-state index in [4.69, 9.17) is 0 Å². The molecule has 0 saturated heterocycles. The highest BCUT2D eigenvalue weighted by Crippen LogP contribution is 2.23.